The molecule has 1 amide bonds. The molecule has 0 aromatic carbocycles. The molecule has 0 radical (unpaired) electrons. The molecule has 90 valence electrons. The van der Waals surface area contributed by atoms with Gasteiger partial charge in [-0.25, -0.2) is 4.79 Å². The van der Waals surface area contributed by atoms with E-state index in [1.807, 2.05) is 6.92 Å². The van der Waals surface area contributed by atoms with Crippen LogP contribution in [0, 0.1) is 0 Å². The van der Waals surface area contributed by atoms with Gasteiger partial charge < -0.3 is 20.5 Å². The number of rotatable bonds is 2. The number of esters is 1. The number of hydrogen-bond donors (Lipinski definition) is 2. The van der Waals surface area contributed by atoms with E-state index >= 15 is 0 Å². The molecule has 0 aromatic heterocycles. The molecule has 0 unspecified atom stereocenters. The molecule has 6 heteroatoms. The minimum absolute atomic E-state index is 0.0317. The van der Waals surface area contributed by atoms with Crippen LogP contribution in [0.5, 0.6) is 0 Å². The normalized spacial score (nSPS) is 24.0. The van der Waals surface area contributed by atoms with Gasteiger partial charge in [-0.1, -0.05) is 0 Å². The van der Waals surface area contributed by atoms with Crippen molar-refractivity contribution < 1.29 is 19.1 Å². The minimum Gasteiger partial charge on any atom is -0.465 e. The summed E-state index contributed by atoms with van der Waals surface area (Å²) >= 11 is 0. The number of carbonyl (C=O) groups excluding carboxylic acids is 2. The van der Waals surface area contributed by atoms with E-state index in [0.29, 0.717) is 25.3 Å². The topological polar surface area (TPSA) is 90.7 Å². The van der Waals surface area contributed by atoms with Gasteiger partial charge in [0.15, 0.2) is 0 Å². The Bertz CT molecular complexity index is 325. The summed E-state index contributed by atoms with van der Waals surface area (Å²) in [5.41, 5.74) is 5.52. The first kappa shape index (κ1) is 12.5. The number of nitrogens with two attached hydrogens (primary N) is 1. The standard InChI is InChI=1S/C10H16N2O4/c1-6-5-12-7(3-4-16-6)8(9(11)13)10(14)15-2/h6,12H,3-5H2,1-2H3,(H2,11,13)/b8-7-/t6-/m1/s1. The number of amides is 1. The fraction of sp³-hybridized carbons (Fsp3) is 0.600. The van der Waals surface area contributed by atoms with Gasteiger partial charge in [0.1, 0.15) is 5.57 Å². The van der Waals surface area contributed by atoms with E-state index in [1.54, 1.807) is 0 Å². The summed E-state index contributed by atoms with van der Waals surface area (Å²) in [6, 6.07) is 0. The van der Waals surface area contributed by atoms with Gasteiger partial charge in [-0.15, -0.1) is 0 Å². The SMILES string of the molecule is COC(=O)/C(C(N)=O)=C1/CCO[C@H](C)CN1. The van der Waals surface area contributed by atoms with Gasteiger partial charge in [0.2, 0.25) is 0 Å². The summed E-state index contributed by atoms with van der Waals surface area (Å²) in [6.07, 6.45) is 0.474. The Kier molecular flexibility index (Phi) is 4.30. The average molecular weight is 228 g/mol. The second kappa shape index (κ2) is 5.50. The maximum atomic E-state index is 11.4. The van der Waals surface area contributed by atoms with Crippen LogP contribution in [0.4, 0.5) is 0 Å². The zero-order chi connectivity index (χ0) is 12.1. The smallest absolute Gasteiger partial charge is 0.345 e. The molecule has 0 aliphatic carbocycles. The summed E-state index contributed by atoms with van der Waals surface area (Å²) < 4.78 is 9.89. The third-order valence-corrected chi connectivity index (χ3v) is 2.30. The lowest BCUT2D eigenvalue weighted by atomic mass is 10.1. The Morgan fingerprint density at radius 3 is 2.81 bits per heavy atom. The van der Waals surface area contributed by atoms with E-state index in [2.05, 4.69) is 10.1 Å². The van der Waals surface area contributed by atoms with E-state index in [9.17, 15) is 9.59 Å². The van der Waals surface area contributed by atoms with Crippen LogP contribution in [-0.4, -0.2) is 38.2 Å². The number of nitrogens with one attached hydrogen (secondary N) is 1. The van der Waals surface area contributed by atoms with Crippen LogP contribution < -0.4 is 11.1 Å². The first-order valence-corrected chi connectivity index (χ1v) is 5.03. The number of carbonyl (C=O) groups is 2. The van der Waals surface area contributed by atoms with Crippen molar-refractivity contribution in [3.63, 3.8) is 0 Å². The molecular weight excluding hydrogens is 212 g/mol. The minimum atomic E-state index is -0.788. The molecule has 6 nitrogen and oxygen atoms in total. The lowest BCUT2D eigenvalue weighted by Crippen LogP contribution is -2.29. The monoisotopic (exact) mass is 228 g/mol. The Morgan fingerprint density at radius 1 is 1.56 bits per heavy atom. The number of ether oxygens (including phenoxy) is 2. The van der Waals surface area contributed by atoms with Gasteiger partial charge >= 0.3 is 5.97 Å². The largest absolute Gasteiger partial charge is 0.465 e. The van der Waals surface area contributed by atoms with Crippen molar-refractivity contribution in [1.82, 2.24) is 5.32 Å². The maximum absolute atomic E-state index is 11.4. The molecule has 1 rings (SSSR count). The molecule has 0 aromatic rings. The van der Waals surface area contributed by atoms with Crippen molar-refractivity contribution >= 4 is 11.9 Å². The Balaban J connectivity index is 2.96. The molecule has 0 bridgehead atoms. The van der Waals surface area contributed by atoms with Gasteiger partial charge in [-0.2, -0.15) is 0 Å². The maximum Gasteiger partial charge on any atom is 0.345 e. The summed E-state index contributed by atoms with van der Waals surface area (Å²) in [6.45, 7) is 2.87. The second-order valence-corrected chi connectivity index (χ2v) is 3.52. The highest BCUT2D eigenvalue weighted by molar-refractivity contribution is 6.16. The first-order valence-electron chi connectivity index (χ1n) is 5.03. The summed E-state index contributed by atoms with van der Waals surface area (Å²) in [5, 5.41) is 2.98. The van der Waals surface area contributed by atoms with Gasteiger partial charge in [0, 0.05) is 18.7 Å². The van der Waals surface area contributed by atoms with E-state index in [-0.39, 0.29) is 11.7 Å². The highest BCUT2D eigenvalue weighted by Gasteiger charge is 2.23. The highest BCUT2D eigenvalue weighted by Crippen LogP contribution is 2.12. The Morgan fingerprint density at radius 2 is 2.25 bits per heavy atom. The molecule has 0 spiro atoms. The van der Waals surface area contributed by atoms with Crippen LogP contribution in [0.2, 0.25) is 0 Å². The molecule has 1 saturated heterocycles. The molecule has 3 N–H and O–H groups in total. The molecule has 1 aliphatic heterocycles. The van der Waals surface area contributed by atoms with Crippen molar-refractivity contribution in [2.75, 3.05) is 20.3 Å². The highest BCUT2D eigenvalue weighted by atomic mass is 16.5. The molecule has 1 aliphatic rings. The van der Waals surface area contributed by atoms with Crippen LogP contribution >= 0.6 is 0 Å². The molecular formula is C10H16N2O4. The van der Waals surface area contributed by atoms with Crippen molar-refractivity contribution in [2.24, 2.45) is 5.73 Å². The fourth-order valence-electron chi connectivity index (χ4n) is 1.46. The first-order chi connectivity index (χ1) is 7.56. The van der Waals surface area contributed by atoms with Crippen molar-refractivity contribution in [1.29, 1.82) is 0 Å². The van der Waals surface area contributed by atoms with Crippen molar-refractivity contribution in [2.45, 2.75) is 19.4 Å². The van der Waals surface area contributed by atoms with Gasteiger partial charge in [0.05, 0.1) is 19.8 Å². The molecule has 0 saturated carbocycles. The lowest BCUT2D eigenvalue weighted by Gasteiger charge is -2.11. The average Bonchev–Trinajstić information content (AvgIpc) is 2.43. The molecule has 1 atom stereocenters. The van der Waals surface area contributed by atoms with Crippen LogP contribution in [-0.2, 0) is 19.1 Å². The fourth-order valence-corrected chi connectivity index (χ4v) is 1.46. The van der Waals surface area contributed by atoms with Crippen LogP contribution in [0.3, 0.4) is 0 Å². The van der Waals surface area contributed by atoms with Gasteiger partial charge in [-0.3, -0.25) is 4.79 Å². The zero-order valence-corrected chi connectivity index (χ0v) is 9.41. The summed E-state index contributed by atoms with van der Waals surface area (Å²) in [5.74, 6) is -1.51. The van der Waals surface area contributed by atoms with Gasteiger partial charge in [0.25, 0.3) is 5.91 Å². The van der Waals surface area contributed by atoms with Crippen molar-refractivity contribution in [3.05, 3.63) is 11.3 Å². The lowest BCUT2D eigenvalue weighted by molar-refractivity contribution is -0.137. The van der Waals surface area contributed by atoms with Crippen LogP contribution in [0.15, 0.2) is 11.3 Å². The van der Waals surface area contributed by atoms with E-state index in [0.717, 1.165) is 0 Å². The van der Waals surface area contributed by atoms with Crippen molar-refractivity contribution in [3.8, 4) is 0 Å². The molecule has 16 heavy (non-hydrogen) atoms. The Hall–Kier alpha value is -1.56. The number of primary amides is 1. The predicted molar refractivity (Wildman–Crippen MR) is 56.3 cm³/mol. The summed E-state index contributed by atoms with van der Waals surface area (Å²) in [7, 11) is 1.21. The zero-order valence-electron chi connectivity index (χ0n) is 9.41. The second-order valence-electron chi connectivity index (χ2n) is 3.52. The summed E-state index contributed by atoms with van der Waals surface area (Å²) in [4.78, 5) is 22.6. The third-order valence-electron chi connectivity index (χ3n) is 2.30. The molecule has 1 heterocycles. The Labute approximate surface area is 93.8 Å². The predicted octanol–water partition coefficient (Wildman–Crippen LogP) is -0.703. The van der Waals surface area contributed by atoms with Gasteiger partial charge in [-0.05, 0) is 6.92 Å². The number of methoxy groups -OCH3 is 1. The third kappa shape index (κ3) is 2.96. The quantitative estimate of drug-likeness (QED) is 0.282. The van der Waals surface area contributed by atoms with Crippen LogP contribution in [0.1, 0.15) is 13.3 Å². The van der Waals surface area contributed by atoms with E-state index in [1.165, 1.54) is 7.11 Å². The van der Waals surface area contributed by atoms with Crippen LogP contribution in [0.25, 0.3) is 0 Å². The van der Waals surface area contributed by atoms with E-state index in [4.69, 9.17) is 10.5 Å². The van der Waals surface area contributed by atoms with E-state index < -0.39 is 11.9 Å². The molecule has 1 fully saturated rings. The number of hydrogen-bond acceptors (Lipinski definition) is 5.